The summed E-state index contributed by atoms with van der Waals surface area (Å²) >= 11 is 3.00. The Morgan fingerprint density at radius 3 is 2.58 bits per heavy atom. The van der Waals surface area contributed by atoms with Gasteiger partial charge in [0.2, 0.25) is 10.0 Å². The van der Waals surface area contributed by atoms with Crippen LogP contribution >= 0.6 is 15.9 Å². The van der Waals surface area contributed by atoms with Crippen LogP contribution in [-0.4, -0.2) is 13.5 Å². The number of aryl methyl sites for hydroxylation is 1. The van der Waals surface area contributed by atoms with Gasteiger partial charge in [-0.15, -0.1) is 0 Å². The average Bonchev–Trinajstić information content (AvgIpc) is 2.93. The van der Waals surface area contributed by atoms with Gasteiger partial charge in [0.05, 0.1) is 6.54 Å². The molecular formula is C11H12BrNO5S. The molecule has 0 unspecified atom stereocenters. The van der Waals surface area contributed by atoms with Crippen molar-refractivity contribution < 1.29 is 22.4 Å². The van der Waals surface area contributed by atoms with Gasteiger partial charge in [-0.2, -0.15) is 0 Å². The molecule has 0 atom stereocenters. The lowest BCUT2D eigenvalue weighted by atomic mass is 10.4. The fourth-order valence-corrected chi connectivity index (χ4v) is 3.47. The van der Waals surface area contributed by atoms with E-state index < -0.39 is 10.0 Å². The first-order valence-electron chi connectivity index (χ1n) is 5.36. The van der Waals surface area contributed by atoms with Gasteiger partial charge in [-0.05, 0) is 35.0 Å². The Kier molecular flexibility index (Phi) is 4.14. The number of hydrogen-bond donors (Lipinski definition) is 2. The van der Waals surface area contributed by atoms with Crippen LogP contribution < -0.4 is 4.72 Å². The maximum Gasteiger partial charge on any atom is 0.245 e. The van der Waals surface area contributed by atoms with E-state index in [4.69, 9.17) is 13.9 Å². The molecule has 8 heteroatoms. The Hall–Kier alpha value is -1.09. The van der Waals surface area contributed by atoms with Crippen molar-refractivity contribution >= 4 is 26.0 Å². The van der Waals surface area contributed by atoms with E-state index in [2.05, 4.69) is 20.7 Å². The molecule has 2 aromatic heterocycles. The van der Waals surface area contributed by atoms with Crippen molar-refractivity contribution in [2.45, 2.75) is 25.0 Å². The number of nitrogens with one attached hydrogen (secondary N) is 1. The Morgan fingerprint density at radius 1 is 1.32 bits per heavy atom. The molecule has 19 heavy (non-hydrogen) atoms. The second kappa shape index (κ2) is 5.49. The molecule has 104 valence electrons. The van der Waals surface area contributed by atoms with Crippen LogP contribution in [0.1, 0.15) is 17.3 Å². The van der Waals surface area contributed by atoms with E-state index in [1.54, 1.807) is 19.1 Å². The van der Waals surface area contributed by atoms with Crippen molar-refractivity contribution in [2.75, 3.05) is 0 Å². The van der Waals surface area contributed by atoms with Crippen LogP contribution in [0.15, 0.2) is 36.6 Å². The minimum absolute atomic E-state index is 0.0439. The maximum atomic E-state index is 12.0. The molecule has 0 fully saturated rings. The van der Waals surface area contributed by atoms with Gasteiger partial charge in [0.15, 0.2) is 4.67 Å². The summed E-state index contributed by atoms with van der Waals surface area (Å²) in [6.45, 7) is 1.45. The third-order valence-electron chi connectivity index (χ3n) is 2.38. The summed E-state index contributed by atoms with van der Waals surface area (Å²) in [5.41, 5.74) is 0. The van der Waals surface area contributed by atoms with Crippen molar-refractivity contribution in [3.8, 4) is 0 Å². The van der Waals surface area contributed by atoms with Gasteiger partial charge in [0.25, 0.3) is 0 Å². The number of aliphatic hydroxyl groups excluding tert-OH is 1. The zero-order valence-corrected chi connectivity index (χ0v) is 12.4. The largest absolute Gasteiger partial charge is 0.465 e. The Morgan fingerprint density at radius 2 is 2.05 bits per heavy atom. The van der Waals surface area contributed by atoms with E-state index in [0.29, 0.717) is 11.5 Å². The molecule has 0 bridgehead atoms. The van der Waals surface area contributed by atoms with E-state index in [9.17, 15) is 8.42 Å². The highest BCUT2D eigenvalue weighted by Gasteiger charge is 2.22. The van der Waals surface area contributed by atoms with E-state index in [1.165, 1.54) is 6.07 Å². The molecule has 0 saturated carbocycles. The fraction of sp³-hybridized carbons (Fsp3) is 0.273. The SMILES string of the molecule is Cc1ccc(CNS(=O)(=O)c2cc(CO)oc2Br)o1. The molecule has 2 aromatic rings. The molecule has 2 rings (SSSR count). The summed E-state index contributed by atoms with van der Waals surface area (Å²) in [7, 11) is -3.73. The maximum absolute atomic E-state index is 12.0. The number of hydrogen-bond acceptors (Lipinski definition) is 5. The summed E-state index contributed by atoms with van der Waals surface area (Å²) in [4.78, 5) is -0.0557. The molecule has 0 aliphatic heterocycles. The zero-order valence-electron chi connectivity index (χ0n) is 10.0. The predicted molar refractivity (Wildman–Crippen MR) is 69.8 cm³/mol. The first-order chi connectivity index (χ1) is 8.92. The summed E-state index contributed by atoms with van der Waals surface area (Å²) in [6.07, 6.45) is 0. The molecule has 0 aliphatic carbocycles. The van der Waals surface area contributed by atoms with Crippen LogP contribution in [0, 0.1) is 6.92 Å². The second-order valence-electron chi connectivity index (χ2n) is 3.85. The van der Waals surface area contributed by atoms with Crippen LogP contribution in [0.2, 0.25) is 0 Å². The first-order valence-corrected chi connectivity index (χ1v) is 7.64. The molecular weight excluding hydrogens is 338 g/mol. The Balaban J connectivity index is 2.15. The second-order valence-corrected chi connectivity index (χ2v) is 6.30. The highest BCUT2D eigenvalue weighted by molar-refractivity contribution is 9.10. The third-order valence-corrected chi connectivity index (χ3v) is 4.64. The highest BCUT2D eigenvalue weighted by atomic mass is 79.9. The lowest BCUT2D eigenvalue weighted by molar-refractivity contribution is 0.245. The molecule has 2 heterocycles. The van der Waals surface area contributed by atoms with Crippen LogP contribution in [0.25, 0.3) is 0 Å². The number of halogens is 1. The van der Waals surface area contributed by atoms with Crippen LogP contribution in [-0.2, 0) is 23.2 Å². The van der Waals surface area contributed by atoms with E-state index in [1.807, 2.05) is 0 Å². The summed E-state index contributed by atoms with van der Waals surface area (Å²) in [6, 6.07) is 4.71. The van der Waals surface area contributed by atoms with Gasteiger partial charge in [-0.25, -0.2) is 13.1 Å². The predicted octanol–water partition coefficient (Wildman–Crippen LogP) is 1.91. The van der Waals surface area contributed by atoms with Gasteiger partial charge in [-0.1, -0.05) is 0 Å². The van der Waals surface area contributed by atoms with E-state index in [0.717, 1.165) is 0 Å². The molecule has 0 aromatic carbocycles. The summed E-state index contributed by atoms with van der Waals surface area (Å²) in [5.74, 6) is 1.39. The monoisotopic (exact) mass is 349 g/mol. The molecule has 2 N–H and O–H groups in total. The number of rotatable bonds is 5. The van der Waals surface area contributed by atoms with Crippen molar-refractivity contribution in [2.24, 2.45) is 0 Å². The normalized spacial score (nSPS) is 11.9. The van der Waals surface area contributed by atoms with Crippen molar-refractivity contribution in [3.05, 3.63) is 40.1 Å². The van der Waals surface area contributed by atoms with Crippen LogP contribution in [0.3, 0.4) is 0 Å². The first kappa shape index (κ1) is 14.3. The van der Waals surface area contributed by atoms with Gasteiger partial charge >= 0.3 is 0 Å². The van der Waals surface area contributed by atoms with Crippen LogP contribution in [0.5, 0.6) is 0 Å². The minimum Gasteiger partial charge on any atom is -0.465 e. The fourth-order valence-electron chi connectivity index (χ4n) is 1.48. The van der Waals surface area contributed by atoms with Gasteiger partial charge < -0.3 is 13.9 Å². The minimum atomic E-state index is -3.73. The standard InChI is InChI=1S/C11H12BrNO5S/c1-7-2-3-8(17-7)5-13-19(15,16)10-4-9(6-14)18-11(10)12/h2-4,13-14H,5-6H2,1H3. The lowest BCUT2D eigenvalue weighted by Crippen LogP contribution is -2.22. The average molecular weight is 350 g/mol. The zero-order chi connectivity index (χ0) is 14.0. The number of furan rings is 2. The van der Waals surface area contributed by atoms with Gasteiger partial charge in [0, 0.05) is 6.07 Å². The van der Waals surface area contributed by atoms with Crippen molar-refractivity contribution in [1.29, 1.82) is 0 Å². The topological polar surface area (TPSA) is 92.7 Å². The van der Waals surface area contributed by atoms with E-state index >= 15 is 0 Å². The molecule has 0 radical (unpaired) electrons. The highest BCUT2D eigenvalue weighted by Crippen LogP contribution is 2.26. The number of aliphatic hydroxyl groups is 1. The Labute approximate surface area is 118 Å². The third kappa shape index (κ3) is 3.27. The smallest absolute Gasteiger partial charge is 0.245 e. The van der Waals surface area contributed by atoms with Gasteiger partial charge in [0.1, 0.15) is 28.8 Å². The quantitative estimate of drug-likeness (QED) is 0.859. The molecule has 0 spiro atoms. The Bertz CT molecular complexity index is 673. The van der Waals surface area contributed by atoms with Gasteiger partial charge in [-0.3, -0.25) is 0 Å². The lowest BCUT2D eigenvalue weighted by Gasteiger charge is -2.02. The number of sulfonamides is 1. The van der Waals surface area contributed by atoms with Crippen molar-refractivity contribution in [1.82, 2.24) is 4.72 Å². The summed E-state index contributed by atoms with van der Waals surface area (Å²) in [5, 5.41) is 8.91. The molecule has 0 saturated heterocycles. The molecule has 6 nitrogen and oxygen atoms in total. The molecule has 0 amide bonds. The molecule has 0 aliphatic rings. The van der Waals surface area contributed by atoms with E-state index in [-0.39, 0.29) is 28.5 Å². The van der Waals surface area contributed by atoms with Crippen molar-refractivity contribution in [3.63, 3.8) is 0 Å². The van der Waals surface area contributed by atoms with Crippen LogP contribution in [0.4, 0.5) is 0 Å². The summed E-state index contributed by atoms with van der Waals surface area (Å²) < 4.78 is 36.8.